The maximum absolute atomic E-state index is 9.75. The summed E-state index contributed by atoms with van der Waals surface area (Å²) in [5.41, 5.74) is -1.24. The van der Waals surface area contributed by atoms with Gasteiger partial charge in [-0.2, -0.15) is 0 Å². The van der Waals surface area contributed by atoms with E-state index in [0.29, 0.717) is 0 Å². The molecule has 29 heavy (non-hydrogen) atoms. The van der Waals surface area contributed by atoms with Gasteiger partial charge in [-0.1, -0.05) is 0 Å². The van der Waals surface area contributed by atoms with Crippen molar-refractivity contribution in [3.05, 3.63) is 0 Å². The molecule has 0 fully saturated rings. The molecule has 0 aliphatic heterocycles. The smallest absolute Gasteiger partial charge is 0.156 e. The van der Waals surface area contributed by atoms with Crippen molar-refractivity contribution in [3.8, 4) is 0 Å². The molecule has 0 aliphatic carbocycles. The van der Waals surface area contributed by atoms with Crippen LogP contribution >= 0.6 is 0 Å². The van der Waals surface area contributed by atoms with Crippen molar-refractivity contribution in [1.29, 1.82) is 0 Å². The largest absolute Gasteiger partial charge is 0.396 e. The SMILES string of the molecule is OCCC(O)OCC(COC(O)CCO)(COC(O)CCO)COC(O)CCO. The fourth-order valence-corrected chi connectivity index (χ4v) is 2.12. The zero-order chi connectivity index (χ0) is 22.1. The first kappa shape index (κ1) is 28.5. The standard InChI is InChI=1S/C17H36O12/c18-5-1-13(22)26-9-17(10-27-14(23)2-6-19,11-28-15(24)3-7-20)12-29-16(25)4-8-21/h13-16,18-25H,1-12H2. The Morgan fingerprint density at radius 2 is 0.655 bits per heavy atom. The van der Waals surface area contributed by atoms with E-state index >= 15 is 0 Å². The van der Waals surface area contributed by atoms with Crippen molar-refractivity contribution in [3.63, 3.8) is 0 Å². The van der Waals surface area contributed by atoms with E-state index in [2.05, 4.69) is 0 Å². The Hall–Kier alpha value is -0.480. The number of aliphatic hydroxyl groups excluding tert-OH is 8. The molecule has 0 rings (SSSR count). The maximum Gasteiger partial charge on any atom is 0.156 e. The van der Waals surface area contributed by atoms with E-state index in [4.69, 9.17) is 39.4 Å². The molecule has 4 atom stereocenters. The average molecular weight is 432 g/mol. The second kappa shape index (κ2) is 17.2. The number of aliphatic hydroxyl groups is 8. The van der Waals surface area contributed by atoms with Gasteiger partial charge < -0.3 is 59.8 Å². The molecule has 0 radical (unpaired) electrons. The normalized spacial score (nSPS) is 18.2. The highest BCUT2D eigenvalue weighted by atomic mass is 16.6. The molecular weight excluding hydrogens is 396 g/mol. The molecule has 0 aromatic rings. The Morgan fingerprint density at radius 3 is 0.828 bits per heavy atom. The summed E-state index contributed by atoms with van der Waals surface area (Å²) in [5.74, 6) is 0. The van der Waals surface area contributed by atoms with Gasteiger partial charge in [-0.05, 0) is 0 Å². The highest BCUT2D eigenvalue weighted by Gasteiger charge is 2.35. The van der Waals surface area contributed by atoms with Crippen molar-refractivity contribution < 1.29 is 59.8 Å². The van der Waals surface area contributed by atoms with E-state index in [9.17, 15) is 20.4 Å². The Balaban J connectivity index is 5.25. The van der Waals surface area contributed by atoms with Gasteiger partial charge in [0.15, 0.2) is 25.2 Å². The number of rotatable bonds is 20. The molecular formula is C17H36O12. The number of ether oxygens (including phenoxy) is 4. The third-order valence-corrected chi connectivity index (χ3v) is 3.83. The summed E-state index contributed by atoms with van der Waals surface area (Å²) in [6.07, 6.45) is -5.51. The second-order valence-corrected chi connectivity index (χ2v) is 6.61. The summed E-state index contributed by atoms with van der Waals surface area (Å²) >= 11 is 0. The van der Waals surface area contributed by atoms with Gasteiger partial charge in [-0.25, -0.2) is 0 Å². The molecule has 0 heterocycles. The molecule has 0 saturated heterocycles. The van der Waals surface area contributed by atoms with Crippen molar-refractivity contribution in [2.24, 2.45) is 5.41 Å². The first-order chi connectivity index (χ1) is 13.8. The van der Waals surface area contributed by atoms with Crippen LogP contribution < -0.4 is 0 Å². The molecule has 8 N–H and O–H groups in total. The lowest BCUT2D eigenvalue weighted by molar-refractivity contribution is -0.228. The molecule has 4 unspecified atom stereocenters. The summed E-state index contributed by atoms with van der Waals surface area (Å²) in [7, 11) is 0. The summed E-state index contributed by atoms with van der Waals surface area (Å²) in [5, 5.41) is 74.5. The minimum atomic E-state index is -1.31. The molecule has 0 aromatic carbocycles. The monoisotopic (exact) mass is 432 g/mol. The Kier molecular flexibility index (Phi) is 16.9. The lowest BCUT2D eigenvalue weighted by atomic mass is 9.92. The maximum atomic E-state index is 9.75. The van der Waals surface area contributed by atoms with Crippen LogP contribution in [-0.2, 0) is 18.9 Å². The van der Waals surface area contributed by atoms with Crippen molar-refractivity contribution in [2.45, 2.75) is 50.8 Å². The van der Waals surface area contributed by atoms with Gasteiger partial charge in [0.25, 0.3) is 0 Å². The van der Waals surface area contributed by atoms with Crippen LogP contribution in [0, 0.1) is 5.41 Å². The van der Waals surface area contributed by atoms with Crippen LogP contribution in [0.1, 0.15) is 25.7 Å². The van der Waals surface area contributed by atoms with E-state index in [1.54, 1.807) is 0 Å². The van der Waals surface area contributed by atoms with Crippen LogP contribution in [0.3, 0.4) is 0 Å². The molecule has 0 bridgehead atoms. The quantitative estimate of drug-likeness (QED) is 0.0900. The molecule has 12 heteroatoms. The fraction of sp³-hybridized carbons (Fsp3) is 1.00. The summed E-state index contributed by atoms with van der Waals surface area (Å²) < 4.78 is 21.1. The topological polar surface area (TPSA) is 199 Å². The van der Waals surface area contributed by atoms with Gasteiger partial charge in [-0.15, -0.1) is 0 Å². The van der Waals surface area contributed by atoms with E-state index in [1.807, 2.05) is 0 Å². The number of hydrogen-bond donors (Lipinski definition) is 8. The fourth-order valence-electron chi connectivity index (χ4n) is 2.12. The predicted octanol–water partition coefficient (Wildman–Crippen LogP) is -3.16. The molecule has 0 aliphatic rings. The van der Waals surface area contributed by atoms with Crippen LogP contribution in [0.5, 0.6) is 0 Å². The summed E-state index contributed by atoms with van der Waals surface area (Å²) in [6.45, 7) is -2.35. The van der Waals surface area contributed by atoms with Crippen molar-refractivity contribution in [2.75, 3.05) is 52.9 Å². The van der Waals surface area contributed by atoms with E-state index < -0.39 is 30.6 Å². The third kappa shape index (κ3) is 14.2. The molecule has 0 spiro atoms. The van der Waals surface area contributed by atoms with Gasteiger partial charge in [0.05, 0.1) is 31.8 Å². The van der Waals surface area contributed by atoms with Crippen molar-refractivity contribution >= 4 is 0 Å². The van der Waals surface area contributed by atoms with Crippen LogP contribution in [-0.4, -0.2) is 119 Å². The highest BCUT2D eigenvalue weighted by Crippen LogP contribution is 2.24. The van der Waals surface area contributed by atoms with Gasteiger partial charge >= 0.3 is 0 Å². The highest BCUT2D eigenvalue weighted by molar-refractivity contribution is 4.80. The molecule has 0 saturated carbocycles. The Labute approximate surface area is 169 Å². The van der Waals surface area contributed by atoms with Gasteiger partial charge in [0.2, 0.25) is 0 Å². The lowest BCUT2D eigenvalue weighted by Gasteiger charge is -2.35. The zero-order valence-corrected chi connectivity index (χ0v) is 16.5. The van der Waals surface area contributed by atoms with Crippen LogP contribution in [0.4, 0.5) is 0 Å². The molecule has 176 valence electrons. The Morgan fingerprint density at radius 1 is 0.448 bits per heavy atom. The summed E-state index contributed by atoms with van der Waals surface area (Å²) in [4.78, 5) is 0. The van der Waals surface area contributed by atoms with Crippen LogP contribution in [0.15, 0.2) is 0 Å². The van der Waals surface area contributed by atoms with Gasteiger partial charge in [0, 0.05) is 52.1 Å². The third-order valence-electron chi connectivity index (χ3n) is 3.83. The molecule has 0 aromatic heterocycles. The van der Waals surface area contributed by atoms with Crippen LogP contribution in [0.25, 0.3) is 0 Å². The lowest BCUT2D eigenvalue weighted by Crippen LogP contribution is -2.45. The Bertz CT molecular complexity index is 303. The molecule has 0 amide bonds. The second-order valence-electron chi connectivity index (χ2n) is 6.61. The van der Waals surface area contributed by atoms with E-state index in [-0.39, 0.29) is 78.5 Å². The minimum Gasteiger partial charge on any atom is -0.396 e. The minimum absolute atomic E-state index is 0.0634. The first-order valence-corrected chi connectivity index (χ1v) is 9.44. The summed E-state index contributed by atoms with van der Waals surface area (Å²) in [6, 6.07) is 0. The van der Waals surface area contributed by atoms with Gasteiger partial charge in [0.1, 0.15) is 0 Å². The average Bonchev–Trinajstić information content (AvgIpc) is 2.68. The van der Waals surface area contributed by atoms with Gasteiger partial charge in [-0.3, -0.25) is 0 Å². The van der Waals surface area contributed by atoms with E-state index in [1.165, 1.54) is 0 Å². The first-order valence-electron chi connectivity index (χ1n) is 9.44. The zero-order valence-electron chi connectivity index (χ0n) is 16.5. The number of hydrogen-bond acceptors (Lipinski definition) is 12. The van der Waals surface area contributed by atoms with Crippen molar-refractivity contribution in [1.82, 2.24) is 0 Å². The van der Waals surface area contributed by atoms with Crippen LogP contribution in [0.2, 0.25) is 0 Å². The predicted molar refractivity (Wildman–Crippen MR) is 97.1 cm³/mol. The molecule has 12 nitrogen and oxygen atoms in total. The van der Waals surface area contributed by atoms with E-state index in [0.717, 1.165) is 0 Å².